The summed E-state index contributed by atoms with van der Waals surface area (Å²) in [5.41, 5.74) is 3.05. The number of hydrogen-bond donors (Lipinski definition) is 3. The Hall–Kier alpha value is -2.63. The van der Waals surface area contributed by atoms with Crippen molar-refractivity contribution < 1.29 is 5.11 Å². The number of nitrogens with one attached hydrogen (secondary N) is 2. The summed E-state index contributed by atoms with van der Waals surface area (Å²) in [6.45, 7) is 0. The molecule has 0 aliphatic carbocycles. The Bertz CT molecular complexity index is 575. The summed E-state index contributed by atoms with van der Waals surface area (Å²) in [5.74, 6) is 0.661. The van der Waals surface area contributed by atoms with Crippen molar-refractivity contribution in [1.29, 1.82) is 0 Å². The number of phenolic OH excluding ortho intramolecular Hbond substituents is 1. The first-order valence-corrected chi connectivity index (χ1v) is 4.87. The SMILES string of the molecule is O=c1nccc(N/N=C/c2ccc(O)cc2)[nH]1. The van der Waals surface area contributed by atoms with Crippen LogP contribution in [0.1, 0.15) is 5.56 Å². The van der Waals surface area contributed by atoms with Crippen LogP contribution in [0, 0.1) is 0 Å². The number of rotatable bonds is 3. The first kappa shape index (κ1) is 10.9. The zero-order chi connectivity index (χ0) is 12.1. The maximum atomic E-state index is 10.9. The maximum Gasteiger partial charge on any atom is 0.346 e. The van der Waals surface area contributed by atoms with E-state index in [9.17, 15) is 4.79 Å². The zero-order valence-electron chi connectivity index (χ0n) is 8.79. The lowest BCUT2D eigenvalue weighted by Gasteiger charge is -1.98. The Morgan fingerprint density at radius 3 is 2.76 bits per heavy atom. The molecule has 0 atom stereocenters. The standard InChI is InChI=1S/C11H10N4O2/c16-9-3-1-8(2-4-9)7-13-15-10-5-6-12-11(17)14-10/h1-7,16H,(H2,12,14,15,17)/b13-7+. The van der Waals surface area contributed by atoms with Gasteiger partial charge in [0, 0.05) is 6.20 Å². The van der Waals surface area contributed by atoms with Crippen molar-refractivity contribution in [2.24, 2.45) is 5.10 Å². The predicted octanol–water partition coefficient (Wildman–Crippen LogP) is 0.921. The first-order valence-electron chi connectivity index (χ1n) is 4.87. The maximum absolute atomic E-state index is 10.9. The fraction of sp³-hybridized carbons (Fsp3) is 0. The lowest BCUT2D eigenvalue weighted by atomic mass is 10.2. The number of aromatic amines is 1. The second-order valence-corrected chi connectivity index (χ2v) is 3.25. The number of aromatic hydroxyl groups is 1. The number of hydrazone groups is 1. The topological polar surface area (TPSA) is 90.4 Å². The molecular formula is C11H10N4O2. The molecule has 0 fully saturated rings. The molecule has 6 nitrogen and oxygen atoms in total. The van der Waals surface area contributed by atoms with Gasteiger partial charge in [-0.15, -0.1) is 0 Å². The van der Waals surface area contributed by atoms with Crippen LogP contribution in [0.25, 0.3) is 0 Å². The van der Waals surface area contributed by atoms with Gasteiger partial charge in [0.1, 0.15) is 11.6 Å². The van der Waals surface area contributed by atoms with E-state index in [0.29, 0.717) is 5.82 Å². The molecule has 3 N–H and O–H groups in total. The average Bonchev–Trinajstić information content (AvgIpc) is 2.32. The van der Waals surface area contributed by atoms with Crippen molar-refractivity contribution in [1.82, 2.24) is 9.97 Å². The number of benzene rings is 1. The molecule has 0 spiro atoms. The molecule has 2 rings (SSSR count). The lowest BCUT2D eigenvalue weighted by Crippen LogP contribution is -2.10. The Morgan fingerprint density at radius 2 is 2.06 bits per heavy atom. The van der Waals surface area contributed by atoms with E-state index < -0.39 is 5.69 Å². The monoisotopic (exact) mass is 230 g/mol. The highest BCUT2D eigenvalue weighted by molar-refractivity contribution is 5.80. The Labute approximate surface area is 96.7 Å². The van der Waals surface area contributed by atoms with Crippen molar-refractivity contribution in [3.8, 4) is 5.75 Å². The van der Waals surface area contributed by atoms with Crippen LogP contribution in [0.2, 0.25) is 0 Å². The van der Waals surface area contributed by atoms with Crippen LogP contribution in [0.4, 0.5) is 5.82 Å². The summed E-state index contributed by atoms with van der Waals surface area (Å²) >= 11 is 0. The molecule has 17 heavy (non-hydrogen) atoms. The summed E-state index contributed by atoms with van der Waals surface area (Å²) in [6, 6.07) is 8.16. The third-order valence-corrected chi connectivity index (χ3v) is 1.97. The molecule has 1 aromatic heterocycles. The lowest BCUT2D eigenvalue weighted by molar-refractivity contribution is 0.475. The van der Waals surface area contributed by atoms with Gasteiger partial charge in [-0.3, -0.25) is 10.4 Å². The number of aromatic nitrogens is 2. The number of H-pyrrole nitrogens is 1. The van der Waals surface area contributed by atoms with Crippen molar-refractivity contribution in [2.75, 3.05) is 5.43 Å². The third kappa shape index (κ3) is 3.16. The number of nitrogens with zero attached hydrogens (tertiary/aromatic N) is 2. The fourth-order valence-electron chi connectivity index (χ4n) is 1.17. The van der Waals surface area contributed by atoms with Crippen LogP contribution < -0.4 is 11.1 Å². The molecular weight excluding hydrogens is 220 g/mol. The summed E-state index contributed by atoms with van der Waals surface area (Å²) in [4.78, 5) is 16.8. The van der Waals surface area contributed by atoms with Gasteiger partial charge in [0.25, 0.3) is 0 Å². The van der Waals surface area contributed by atoms with Crippen molar-refractivity contribution in [3.63, 3.8) is 0 Å². The van der Waals surface area contributed by atoms with E-state index in [-0.39, 0.29) is 5.75 Å². The van der Waals surface area contributed by atoms with Crippen molar-refractivity contribution >= 4 is 12.0 Å². The quantitative estimate of drug-likeness (QED) is 0.540. The highest BCUT2D eigenvalue weighted by atomic mass is 16.3. The second kappa shape index (κ2) is 4.93. The normalized spacial score (nSPS) is 10.6. The van der Waals surface area contributed by atoms with Gasteiger partial charge >= 0.3 is 5.69 Å². The van der Waals surface area contributed by atoms with Gasteiger partial charge in [0.15, 0.2) is 0 Å². The van der Waals surface area contributed by atoms with Gasteiger partial charge in [-0.05, 0) is 35.9 Å². The Kier molecular flexibility index (Phi) is 3.15. The van der Waals surface area contributed by atoms with E-state index >= 15 is 0 Å². The molecule has 86 valence electrons. The van der Waals surface area contributed by atoms with Gasteiger partial charge in [0.05, 0.1) is 6.21 Å². The molecule has 1 aromatic carbocycles. The molecule has 0 saturated heterocycles. The largest absolute Gasteiger partial charge is 0.508 e. The summed E-state index contributed by atoms with van der Waals surface area (Å²) in [6.07, 6.45) is 2.95. The minimum absolute atomic E-state index is 0.202. The summed E-state index contributed by atoms with van der Waals surface area (Å²) in [5, 5.41) is 13.0. The molecule has 0 amide bonds. The molecule has 0 unspecified atom stereocenters. The molecule has 0 bridgehead atoms. The van der Waals surface area contributed by atoms with Gasteiger partial charge in [-0.25, -0.2) is 9.78 Å². The minimum Gasteiger partial charge on any atom is -0.508 e. The summed E-state index contributed by atoms with van der Waals surface area (Å²) in [7, 11) is 0. The molecule has 0 aliphatic heterocycles. The van der Waals surface area contributed by atoms with E-state index in [2.05, 4.69) is 20.5 Å². The molecule has 2 aromatic rings. The highest BCUT2D eigenvalue weighted by Crippen LogP contribution is 2.07. The van der Waals surface area contributed by atoms with Crippen LogP contribution in [0.5, 0.6) is 5.75 Å². The molecule has 0 saturated carbocycles. The van der Waals surface area contributed by atoms with E-state index in [4.69, 9.17) is 5.11 Å². The van der Waals surface area contributed by atoms with E-state index in [1.165, 1.54) is 6.20 Å². The first-order chi connectivity index (χ1) is 8.24. The highest BCUT2D eigenvalue weighted by Gasteiger charge is 1.91. The van der Waals surface area contributed by atoms with Crippen LogP contribution in [0.15, 0.2) is 46.4 Å². The zero-order valence-corrected chi connectivity index (χ0v) is 8.79. The molecule has 6 heteroatoms. The van der Waals surface area contributed by atoms with Gasteiger partial charge in [-0.1, -0.05) is 0 Å². The Balaban J connectivity index is 2.02. The van der Waals surface area contributed by atoms with E-state index in [1.54, 1.807) is 36.5 Å². The van der Waals surface area contributed by atoms with Crippen LogP contribution in [-0.4, -0.2) is 21.3 Å². The van der Waals surface area contributed by atoms with Crippen molar-refractivity contribution in [3.05, 3.63) is 52.6 Å². The molecule has 0 radical (unpaired) electrons. The number of anilines is 1. The number of hydrogen-bond acceptors (Lipinski definition) is 5. The smallest absolute Gasteiger partial charge is 0.346 e. The van der Waals surface area contributed by atoms with Gasteiger partial charge < -0.3 is 5.11 Å². The minimum atomic E-state index is -0.435. The van der Waals surface area contributed by atoms with Crippen molar-refractivity contribution in [2.45, 2.75) is 0 Å². The second-order valence-electron chi connectivity index (χ2n) is 3.25. The Morgan fingerprint density at radius 1 is 1.29 bits per heavy atom. The number of phenols is 1. The fourth-order valence-corrected chi connectivity index (χ4v) is 1.17. The van der Waals surface area contributed by atoms with E-state index in [1.807, 2.05) is 0 Å². The van der Waals surface area contributed by atoms with Gasteiger partial charge in [-0.2, -0.15) is 5.10 Å². The summed E-state index contributed by atoms with van der Waals surface area (Å²) < 4.78 is 0. The van der Waals surface area contributed by atoms with Crippen LogP contribution >= 0.6 is 0 Å². The average molecular weight is 230 g/mol. The molecule has 1 heterocycles. The molecule has 0 aliphatic rings. The predicted molar refractivity (Wildman–Crippen MR) is 64.2 cm³/mol. The van der Waals surface area contributed by atoms with E-state index in [0.717, 1.165) is 5.56 Å². The third-order valence-electron chi connectivity index (χ3n) is 1.97. The van der Waals surface area contributed by atoms with Crippen LogP contribution in [0.3, 0.4) is 0 Å². The van der Waals surface area contributed by atoms with Crippen LogP contribution in [-0.2, 0) is 0 Å². The van der Waals surface area contributed by atoms with Gasteiger partial charge in [0.2, 0.25) is 0 Å².